The lowest BCUT2D eigenvalue weighted by Crippen LogP contribution is -2.55. The summed E-state index contributed by atoms with van der Waals surface area (Å²) in [6.07, 6.45) is 3.89. The van der Waals surface area contributed by atoms with Gasteiger partial charge in [-0.05, 0) is 73.6 Å². The van der Waals surface area contributed by atoms with Crippen molar-refractivity contribution in [3.8, 4) is 11.5 Å². The van der Waals surface area contributed by atoms with Gasteiger partial charge in [0.15, 0.2) is 0 Å². The number of fused-ring (bicyclic) bond motifs is 1. The van der Waals surface area contributed by atoms with Gasteiger partial charge < -0.3 is 9.47 Å². The van der Waals surface area contributed by atoms with Crippen molar-refractivity contribution in [3.63, 3.8) is 0 Å². The maximum atomic E-state index is 5.53. The van der Waals surface area contributed by atoms with Crippen molar-refractivity contribution in [1.29, 1.82) is 0 Å². The van der Waals surface area contributed by atoms with E-state index in [1.54, 1.807) is 14.2 Å². The summed E-state index contributed by atoms with van der Waals surface area (Å²) in [4.78, 5) is 5.40. The van der Waals surface area contributed by atoms with Crippen molar-refractivity contribution in [3.05, 3.63) is 58.7 Å². The second-order valence-electron chi connectivity index (χ2n) is 8.53. The summed E-state index contributed by atoms with van der Waals surface area (Å²) in [6, 6.07) is 14.2. The van der Waals surface area contributed by atoms with Crippen LogP contribution in [-0.4, -0.2) is 49.7 Å². The SMILES string of the molecule is COc1ccc(CN2CCN3[C@@H](CCC[C@@H]3c3ccc(OC)c(C)c3C)C2)cc1. The van der Waals surface area contributed by atoms with E-state index in [2.05, 4.69) is 60.0 Å². The van der Waals surface area contributed by atoms with Crippen molar-refractivity contribution in [1.82, 2.24) is 9.80 Å². The van der Waals surface area contributed by atoms with Crippen LogP contribution in [0.4, 0.5) is 0 Å². The van der Waals surface area contributed by atoms with Gasteiger partial charge >= 0.3 is 0 Å². The monoisotopic (exact) mass is 394 g/mol. The highest BCUT2D eigenvalue weighted by atomic mass is 16.5. The molecule has 4 nitrogen and oxygen atoms in total. The molecule has 2 aromatic carbocycles. The summed E-state index contributed by atoms with van der Waals surface area (Å²) in [5, 5.41) is 0. The largest absolute Gasteiger partial charge is 0.497 e. The Kier molecular flexibility index (Phi) is 6.12. The quantitative estimate of drug-likeness (QED) is 0.732. The topological polar surface area (TPSA) is 24.9 Å². The summed E-state index contributed by atoms with van der Waals surface area (Å²) < 4.78 is 10.8. The van der Waals surface area contributed by atoms with Crippen LogP contribution in [0.3, 0.4) is 0 Å². The van der Waals surface area contributed by atoms with Gasteiger partial charge in [-0.2, -0.15) is 0 Å². The van der Waals surface area contributed by atoms with Crippen LogP contribution in [0, 0.1) is 13.8 Å². The van der Waals surface area contributed by atoms with Crippen molar-refractivity contribution in [2.45, 2.75) is 51.7 Å². The number of benzene rings is 2. The maximum absolute atomic E-state index is 5.53. The number of hydrogen-bond donors (Lipinski definition) is 0. The molecule has 0 unspecified atom stereocenters. The van der Waals surface area contributed by atoms with Crippen molar-refractivity contribution in [2.24, 2.45) is 0 Å². The Morgan fingerprint density at radius 1 is 0.897 bits per heavy atom. The van der Waals surface area contributed by atoms with Crippen LogP contribution in [0.5, 0.6) is 11.5 Å². The van der Waals surface area contributed by atoms with E-state index in [4.69, 9.17) is 9.47 Å². The minimum Gasteiger partial charge on any atom is -0.497 e. The average molecular weight is 395 g/mol. The van der Waals surface area contributed by atoms with Crippen LogP contribution in [0.1, 0.15) is 47.6 Å². The molecule has 0 N–H and O–H groups in total. The Balaban J connectivity index is 1.46. The molecule has 2 heterocycles. The van der Waals surface area contributed by atoms with Gasteiger partial charge in [-0.3, -0.25) is 9.80 Å². The fraction of sp³-hybridized carbons (Fsp3) is 0.520. The molecule has 0 bridgehead atoms. The second-order valence-corrected chi connectivity index (χ2v) is 8.53. The van der Waals surface area contributed by atoms with Crippen LogP contribution in [0.2, 0.25) is 0 Å². The maximum Gasteiger partial charge on any atom is 0.122 e. The fourth-order valence-electron chi connectivity index (χ4n) is 5.18. The Morgan fingerprint density at radius 2 is 1.69 bits per heavy atom. The Morgan fingerprint density at radius 3 is 2.41 bits per heavy atom. The molecule has 2 saturated heterocycles. The predicted octanol–water partition coefficient (Wildman–Crippen LogP) is 4.73. The van der Waals surface area contributed by atoms with Gasteiger partial charge in [0, 0.05) is 38.3 Å². The third kappa shape index (κ3) is 4.15. The molecule has 2 fully saturated rings. The van der Waals surface area contributed by atoms with Gasteiger partial charge in [-0.15, -0.1) is 0 Å². The van der Waals surface area contributed by atoms with Crippen LogP contribution >= 0.6 is 0 Å². The van der Waals surface area contributed by atoms with Gasteiger partial charge in [0.2, 0.25) is 0 Å². The lowest BCUT2D eigenvalue weighted by atomic mass is 9.86. The summed E-state index contributed by atoms with van der Waals surface area (Å²) >= 11 is 0. The Hall–Kier alpha value is -2.04. The van der Waals surface area contributed by atoms with Crippen LogP contribution in [0.25, 0.3) is 0 Å². The molecule has 0 saturated carbocycles. The Labute approximate surface area is 175 Å². The number of nitrogens with zero attached hydrogens (tertiary/aromatic N) is 2. The molecule has 0 amide bonds. The molecule has 156 valence electrons. The zero-order valence-corrected chi connectivity index (χ0v) is 18.3. The average Bonchev–Trinajstić information content (AvgIpc) is 2.76. The lowest BCUT2D eigenvalue weighted by molar-refractivity contribution is 0.00617. The molecule has 4 rings (SSSR count). The molecule has 0 aliphatic carbocycles. The van der Waals surface area contributed by atoms with E-state index < -0.39 is 0 Å². The predicted molar refractivity (Wildman–Crippen MR) is 118 cm³/mol. The zero-order valence-electron chi connectivity index (χ0n) is 18.3. The molecule has 2 aromatic rings. The smallest absolute Gasteiger partial charge is 0.122 e. The van der Waals surface area contributed by atoms with Crippen molar-refractivity contribution in [2.75, 3.05) is 33.9 Å². The van der Waals surface area contributed by atoms with Crippen LogP contribution < -0.4 is 9.47 Å². The molecule has 4 heteroatoms. The highest BCUT2D eigenvalue weighted by Gasteiger charge is 2.36. The van der Waals surface area contributed by atoms with Gasteiger partial charge in [0.25, 0.3) is 0 Å². The molecule has 0 radical (unpaired) electrons. The van der Waals surface area contributed by atoms with E-state index in [0.29, 0.717) is 12.1 Å². The number of hydrogen-bond acceptors (Lipinski definition) is 4. The number of piperidine rings is 1. The van der Waals surface area contributed by atoms with E-state index in [1.807, 2.05) is 0 Å². The first-order valence-electron chi connectivity index (χ1n) is 10.9. The summed E-state index contributed by atoms with van der Waals surface area (Å²) in [6.45, 7) is 8.92. The summed E-state index contributed by atoms with van der Waals surface area (Å²) in [5.74, 6) is 1.93. The summed E-state index contributed by atoms with van der Waals surface area (Å²) in [7, 11) is 3.49. The Bertz CT molecular complexity index is 833. The van der Waals surface area contributed by atoms with Gasteiger partial charge in [-0.25, -0.2) is 0 Å². The third-order valence-electron chi connectivity index (χ3n) is 6.95. The first-order valence-corrected chi connectivity index (χ1v) is 10.9. The molecule has 29 heavy (non-hydrogen) atoms. The van der Waals surface area contributed by atoms with E-state index >= 15 is 0 Å². The van der Waals surface area contributed by atoms with E-state index in [-0.39, 0.29) is 0 Å². The van der Waals surface area contributed by atoms with Gasteiger partial charge in [0.1, 0.15) is 11.5 Å². The second kappa shape index (κ2) is 8.76. The minimum absolute atomic E-state index is 0.543. The first-order chi connectivity index (χ1) is 14.1. The molecule has 2 aliphatic heterocycles. The number of piperazine rings is 1. The number of methoxy groups -OCH3 is 2. The lowest BCUT2D eigenvalue weighted by Gasteiger charge is -2.49. The normalized spacial score (nSPS) is 22.9. The van der Waals surface area contributed by atoms with E-state index in [9.17, 15) is 0 Å². The van der Waals surface area contributed by atoms with Gasteiger partial charge in [-0.1, -0.05) is 18.2 Å². The van der Waals surface area contributed by atoms with Crippen molar-refractivity contribution < 1.29 is 9.47 Å². The van der Waals surface area contributed by atoms with E-state index in [0.717, 1.165) is 37.7 Å². The standard InChI is InChI=1S/C25H34N2O2/c1-18-19(2)25(29-4)13-12-23(18)24-7-5-6-21-17-26(14-15-27(21)24)16-20-8-10-22(28-3)11-9-20/h8-13,21,24H,5-7,14-17H2,1-4H3/t21-,24+/m0/s1. The number of ether oxygens (including phenoxy) is 2. The third-order valence-corrected chi connectivity index (χ3v) is 6.95. The van der Waals surface area contributed by atoms with Crippen molar-refractivity contribution >= 4 is 0 Å². The van der Waals surface area contributed by atoms with E-state index in [1.165, 1.54) is 41.5 Å². The van der Waals surface area contributed by atoms with Crippen LogP contribution in [0.15, 0.2) is 36.4 Å². The highest BCUT2D eigenvalue weighted by Crippen LogP contribution is 2.39. The first kappa shape index (κ1) is 20.2. The summed E-state index contributed by atoms with van der Waals surface area (Å²) in [5.41, 5.74) is 5.55. The number of rotatable bonds is 5. The molecular weight excluding hydrogens is 360 g/mol. The van der Waals surface area contributed by atoms with Crippen LogP contribution in [-0.2, 0) is 6.54 Å². The molecule has 2 aliphatic rings. The molecule has 0 spiro atoms. The zero-order chi connectivity index (χ0) is 20.4. The minimum atomic E-state index is 0.543. The molecule has 2 atom stereocenters. The molecule has 0 aromatic heterocycles. The van der Waals surface area contributed by atoms with Gasteiger partial charge in [0.05, 0.1) is 14.2 Å². The molecular formula is C25H34N2O2. The highest BCUT2D eigenvalue weighted by molar-refractivity contribution is 5.45. The fourth-order valence-corrected chi connectivity index (χ4v) is 5.18.